The van der Waals surface area contributed by atoms with Gasteiger partial charge in [0.05, 0.1) is 16.1 Å². The van der Waals surface area contributed by atoms with E-state index in [1.807, 2.05) is 0 Å². The van der Waals surface area contributed by atoms with Gasteiger partial charge in [-0.15, -0.1) is 12.4 Å². The van der Waals surface area contributed by atoms with Gasteiger partial charge in [0, 0.05) is 19.6 Å². The van der Waals surface area contributed by atoms with E-state index < -0.39 is 26.7 Å². The van der Waals surface area contributed by atoms with Crippen molar-refractivity contribution in [3.63, 3.8) is 0 Å². The second-order valence-corrected chi connectivity index (χ2v) is 7.21. The van der Waals surface area contributed by atoms with E-state index in [0.29, 0.717) is 18.8 Å². The molecule has 0 saturated heterocycles. The predicted molar refractivity (Wildman–Crippen MR) is 91.4 cm³/mol. The first-order valence-corrected chi connectivity index (χ1v) is 8.73. The second kappa shape index (κ2) is 7.23. The van der Waals surface area contributed by atoms with E-state index >= 15 is 0 Å². The number of anilines is 1. The Morgan fingerprint density at radius 1 is 1.00 bits per heavy atom. The first kappa shape index (κ1) is 19.6. The third-order valence-electron chi connectivity index (χ3n) is 3.83. The van der Waals surface area contributed by atoms with Crippen LogP contribution in [0.3, 0.4) is 0 Å². The number of rotatable bonds is 2. The summed E-state index contributed by atoms with van der Waals surface area (Å²) >= 11 is 0. The SMILES string of the molecule is Cl.O=S(=O)(c1ccccc1C(F)(F)F)N1CCNCc2ccccc21. The number of fused-ring (bicyclic) bond motifs is 1. The van der Waals surface area contributed by atoms with Crippen molar-refractivity contribution < 1.29 is 21.6 Å². The normalized spacial score (nSPS) is 15.1. The number of para-hydroxylation sites is 1. The van der Waals surface area contributed by atoms with Crippen LogP contribution in [-0.2, 0) is 22.7 Å². The third kappa shape index (κ3) is 3.75. The summed E-state index contributed by atoms with van der Waals surface area (Å²) in [5, 5.41) is 3.07. The Morgan fingerprint density at radius 2 is 1.64 bits per heavy atom. The zero-order valence-electron chi connectivity index (χ0n) is 13.0. The lowest BCUT2D eigenvalue weighted by molar-refractivity contribution is -0.139. The largest absolute Gasteiger partial charge is 0.417 e. The van der Waals surface area contributed by atoms with Gasteiger partial charge in [-0.25, -0.2) is 8.42 Å². The van der Waals surface area contributed by atoms with Gasteiger partial charge in [-0.05, 0) is 23.8 Å². The quantitative estimate of drug-likeness (QED) is 0.852. The molecule has 0 saturated carbocycles. The third-order valence-corrected chi connectivity index (χ3v) is 5.70. The maximum atomic E-state index is 13.2. The molecule has 1 aliphatic heterocycles. The van der Waals surface area contributed by atoms with Crippen molar-refractivity contribution in [2.45, 2.75) is 17.6 Å². The van der Waals surface area contributed by atoms with Crippen molar-refractivity contribution in [2.75, 3.05) is 17.4 Å². The smallest absolute Gasteiger partial charge is 0.311 e. The molecule has 0 unspecified atom stereocenters. The number of hydrogen-bond donors (Lipinski definition) is 1. The van der Waals surface area contributed by atoms with Crippen molar-refractivity contribution in [1.29, 1.82) is 0 Å². The topological polar surface area (TPSA) is 49.4 Å². The molecule has 136 valence electrons. The fourth-order valence-electron chi connectivity index (χ4n) is 2.72. The molecule has 0 atom stereocenters. The van der Waals surface area contributed by atoms with E-state index in [0.717, 1.165) is 22.0 Å². The van der Waals surface area contributed by atoms with Crippen LogP contribution in [0.15, 0.2) is 53.4 Å². The molecular weight excluding hydrogens is 377 g/mol. The number of nitrogens with one attached hydrogen (secondary N) is 1. The number of sulfonamides is 1. The molecule has 3 rings (SSSR count). The minimum absolute atomic E-state index is 0. The van der Waals surface area contributed by atoms with Crippen molar-refractivity contribution in [3.05, 3.63) is 59.7 Å². The van der Waals surface area contributed by atoms with Crippen molar-refractivity contribution in [1.82, 2.24) is 5.32 Å². The summed E-state index contributed by atoms with van der Waals surface area (Å²) in [6.45, 7) is 0.872. The minimum Gasteiger partial charge on any atom is -0.311 e. The summed E-state index contributed by atoms with van der Waals surface area (Å²) in [5.41, 5.74) is -0.0257. The van der Waals surface area contributed by atoms with E-state index in [1.54, 1.807) is 24.3 Å². The number of halogens is 4. The molecule has 1 heterocycles. The van der Waals surface area contributed by atoms with Crippen LogP contribution in [0.1, 0.15) is 11.1 Å². The molecule has 2 aromatic carbocycles. The molecule has 2 aromatic rings. The van der Waals surface area contributed by atoms with E-state index in [-0.39, 0.29) is 19.0 Å². The molecule has 1 aliphatic rings. The zero-order chi connectivity index (χ0) is 17.4. The van der Waals surface area contributed by atoms with Gasteiger partial charge in [-0.2, -0.15) is 13.2 Å². The molecule has 0 bridgehead atoms. The molecular formula is C16H16ClF3N2O2S. The minimum atomic E-state index is -4.74. The van der Waals surface area contributed by atoms with E-state index in [4.69, 9.17) is 0 Å². The van der Waals surface area contributed by atoms with Crippen molar-refractivity contribution in [2.24, 2.45) is 0 Å². The second-order valence-electron chi connectivity index (χ2n) is 5.38. The highest BCUT2D eigenvalue weighted by molar-refractivity contribution is 7.92. The lowest BCUT2D eigenvalue weighted by Crippen LogP contribution is -2.35. The summed E-state index contributed by atoms with van der Waals surface area (Å²) in [7, 11) is -4.34. The molecule has 0 fully saturated rings. The lowest BCUT2D eigenvalue weighted by atomic mass is 10.2. The maximum Gasteiger partial charge on any atom is 0.417 e. The molecule has 0 radical (unpaired) electrons. The van der Waals surface area contributed by atoms with Crippen LogP contribution in [0.4, 0.5) is 18.9 Å². The van der Waals surface area contributed by atoms with Gasteiger partial charge in [0.15, 0.2) is 0 Å². The summed E-state index contributed by atoms with van der Waals surface area (Å²) < 4.78 is 66.7. The Bertz CT molecular complexity index is 856. The average molecular weight is 393 g/mol. The van der Waals surface area contributed by atoms with Crippen LogP contribution in [0.5, 0.6) is 0 Å². The van der Waals surface area contributed by atoms with Crippen molar-refractivity contribution >= 4 is 28.1 Å². The van der Waals surface area contributed by atoms with E-state index in [9.17, 15) is 21.6 Å². The summed E-state index contributed by atoms with van der Waals surface area (Å²) in [5.74, 6) is 0. The maximum absolute atomic E-state index is 13.2. The fraction of sp³-hybridized carbons (Fsp3) is 0.250. The van der Waals surface area contributed by atoms with Gasteiger partial charge in [-0.1, -0.05) is 30.3 Å². The Hall–Kier alpha value is -1.77. The molecule has 9 heteroatoms. The lowest BCUT2D eigenvalue weighted by Gasteiger charge is -2.25. The predicted octanol–water partition coefficient (Wildman–Crippen LogP) is 3.43. The first-order valence-electron chi connectivity index (χ1n) is 7.29. The zero-order valence-corrected chi connectivity index (χ0v) is 14.6. The highest BCUT2D eigenvalue weighted by Gasteiger charge is 2.39. The first-order chi connectivity index (χ1) is 11.3. The van der Waals surface area contributed by atoms with Crippen LogP contribution in [-0.4, -0.2) is 21.5 Å². The highest BCUT2D eigenvalue weighted by atomic mass is 35.5. The van der Waals surface area contributed by atoms with Gasteiger partial charge >= 0.3 is 6.18 Å². The van der Waals surface area contributed by atoms with Crippen LogP contribution in [0.2, 0.25) is 0 Å². The Morgan fingerprint density at radius 3 is 2.36 bits per heavy atom. The monoisotopic (exact) mass is 392 g/mol. The molecule has 0 aromatic heterocycles. The molecule has 0 aliphatic carbocycles. The van der Waals surface area contributed by atoms with Crippen molar-refractivity contribution in [3.8, 4) is 0 Å². The summed E-state index contributed by atoms with van der Waals surface area (Å²) in [6.07, 6.45) is -4.74. The molecule has 1 N–H and O–H groups in total. The fourth-order valence-corrected chi connectivity index (χ4v) is 4.44. The van der Waals surface area contributed by atoms with Gasteiger partial charge in [0.1, 0.15) is 0 Å². The van der Waals surface area contributed by atoms with E-state index in [2.05, 4.69) is 5.32 Å². The van der Waals surface area contributed by atoms with Gasteiger partial charge in [-0.3, -0.25) is 4.31 Å². The van der Waals surface area contributed by atoms with Gasteiger partial charge in [0.25, 0.3) is 10.0 Å². The Labute approximate surface area is 150 Å². The Balaban J connectivity index is 0.00000225. The summed E-state index contributed by atoms with van der Waals surface area (Å²) in [6, 6.07) is 11.1. The van der Waals surface area contributed by atoms with Gasteiger partial charge in [0.2, 0.25) is 0 Å². The number of benzene rings is 2. The van der Waals surface area contributed by atoms with Crippen LogP contribution < -0.4 is 9.62 Å². The number of alkyl halides is 3. The highest BCUT2D eigenvalue weighted by Crippen LogP contribution is 2.37. The number of hydrogen-bond acceptors (Lipinski definition) is 3. The Kier molecular flexibility index (Phi) is 5.65. The van der Waals surface area contributed by atoms with Gasteiger partial charge < -0.3 is 5.32 Å². The standard InChI is InChI=1S/C16H15F3N2O2S.ClH/c17-16(18,19)13-6-2-4-8-15(13)24(22,23)21-10-9-20-11-12-5-1-3-7-14(12)21;/h1-8,20H,9-11H2;1H. The number of nitrogens with zero attached hydrogens (tertiary/aromatic N) is 1. The summed E-state index contributed by atoms with van der Waals surface area (Å²) in [4.78, 5) is -0.728. The van der Waals surface area contributed by atoms with Crippen LogP contribution in [0, 0.1) is 0 Å². The van der Waals surface area contributed by atoms with Crippen LogP contribution >= 0.6 is 12.4 Å². The van der Waals surface area contributed by atoms with Crippen LogP contribution in [0.25, 0.3) is 0 Å². The molecule has 25 heavy (non-hydrogen) atoms. The molecule has 4 nitrogen and oxygen atoms in total. The molecule has 0 spiro atoms. The molecule has 0 amide bonds. The van der Waals surface area contributed by atoms with E-state index in [1.165, 1.54) is 12.1 Å². The average Bonchev–Trinajstić information content (AvgIpc) is 2.77.